The number of benzene rings is 3. The molecule has 6 amide bonds. The summed E-state index contributed by atoms with van der Waals surface area (Å²) in [5.74, 6) is -2.71. The number of aromatic nitrogens is 2. The Kier molecular flexibility index (Phi) is 16.6. The van der Waals surface area contributed by atoms with Gasteiger partial charge in [0.25, 0.3) is 17.7 Å². The van der Waals surface area contributed by atoms with Gasteiger partial charge in [-0.1, -0.05) is 29.8 Å². The molecule has 5 heterocycles. The number of piperidine rings is 2. The second-order valence-corrected chi connectivity index (χ2v) is 18.3. The molecule has 0 saturated carbocycles. The third-order valence-electron chi connectivity index (χ3n) is 12.0. The maximum absolute atomic E-state index is 14.4. The number of aryl methyl sites for hydroxylation is 1. The van der Waals surface area contributed by atoms with E-state index in [4.69, 9.17) is 30.5 Å². The van der Waals surface area contributed by atoms with Gasteiger partial charge in [-0.25, -0.2) is 4.39 Å². The van der Waals surface area contributed by atoms with Crippen LogP contribution in [0.15, 0.2) is 85.1 Å². The predicted octanol–water partition coefficient (Wildman–Crippen LogP) is 5.16. The molecule has 0 radical (unpaired) electrons. The lowest BCUT2D eigenvalue weighted by atomic mass is 9.81. The summed E-state index contributed by atoms with van der Waals surface area (Å²) in [7, 11) is 1.79. The summed E-state index contributed by atoms with van der Waals surface area (Å²) in [5, 5.41) is 19.5. The lowest BCUT2D eigenvalue weighted by Crippen LogP contribution is -2.54. The summed E-state index contributed by atoms with van der Waals surface area (Å²) >= 11 is 7.64. The Hall–Kier alpha value is -6.55. The highest BCUT2D eigenvalue weighted by atomic mass is 35.5. The molecular weight excluding hydrogens is 947 g/mol. The Morgan fingerprint density at radius 3 is 2.37 bits per heavy atom. The van der Waals surface area contributed by atoms with Crippen molar-refractivity contribution in [1.29, 1.82) is 0 Å². The van der Waals surface area contributed by atoms with Crippen LogP contribution in [0, 0.1) is 5.82 Å². The number of carbonyl (C=O) groups is 6. The minimum Gasteiger partial charge on any atom is -0.491 e. The highest BCUT2D eigenvalue weighted by Gasteiger charge is 2.45. The standard InChI is InChI=1S/C49H52ClFN8O10S/c1-58-45(36(50)27-54-58)40-13-14-41(70-40)47(63)56-38-28-53-32(25-35(38)29-4-2-5-30(51)24-29)26-43(61)55-31-8-10-33(11-9-31)69-23-22-68-21-20-67-19-18-66-17-16-52-37-7-3-6-34-44(37)49(65)59(48(34)64)39-12-15-42(60)57-46(39)62/h2-11,13-14,24,27,32,35,38-39,52-53H,12,15-23,25-26,28H2,1H3,(H,55,61)(H,56,63)(H,57,60,62)/t32-,35-,38+,39?/m0/s1. The van der Waals surface area contributed by atoms with Crippen LogP contribution in [-0.4, -0.2) is 128 Å². The van der Waals surface area contributed by atoms with E-state index in [1.165, 1.54) is 23.5 Å². The molecule has 0 aliphatic carbocycles. The predicted molar refractivity (Wildman–Crippen MR) is 258 cm³/mol. The Balaban J connectivity index is 0.685. The van der Waals surface area contributed by atoms with Gasteiger partial charge in [-0.2, -0.15) is 5.10 Å². The quantitative estimate of drug-likeness (QED) is 0.0448. The number of anilines is 2. The molecular formula is C49H52ClFN8O10S. The number of nitrogens with one attached hydrogen (secondary N) is 5. The first-order valence-electron chi connectivity index (χ1n) is 22.8. The summed E-state index contributed by atoms with van der Waals surface area (Å²) < 4.78 is 38.7. The van der Waals surface area contributed by atoms with E-state index in [-0.39, 0.29) is 66.0 Å². The number of imide groups is 2. The lowest BCUT2D eigenvalue weighted by molar-refractivity contribution is -0.136. The van der Waals surface area contributed by atoms with Crippen LogP contribution in [0.1, 0.15) is 67.6 Å². The van der Waals surface area contributed by atoms with Crippen molar-refractivity contribution in [3.63, 3.8) is 0 Å². The summed E-state index contributed by atoms with van der Waals surface area (Å²) in [4.78, 5) is 79.2. The highest BCUT2D eigenvalue weighted by Crippen LogP contribution is 2.35. The number of rotatable bonds is 22. The van der Waals surface area contributed by atoms with Crippen molar-refractivity contribution < 1.29 is 52.1 Å². The molecule has 1 unspecified atom stereocenters. The zero-order valence-corrected chi connectivity index (χ0v) is 39.7. The van der Waals surface area contributed by atoms with E-state index in [1.54, 1.807) is 72.5 Å². The normalized spacial score (nSPS) is 18.9. The second-order valence-electron chi connectivity index (χ2n) is 16.8. The molecule has 2 saturated heterocycles. The Morgan fingerprint density at radius 1 is 0.900 bits per heavy atom. The van der Waals surface area contributed by atoms with Gasteiger partial charge in [-0.15, -0.1) is 11.3 Å². The number of hydrogen-bond acceptors (Lipinski definition) is 14. The average molecular weight is 1000 g/mol. The minimum atomic E-state index is -1.03. The van der Waals surface area contributed by atoms with Crippen molar-refractivity contribution in [3.05, 3.63) is 117 Å². The summed E-state index contributed by atoms with van der Waals surface area (Å²) in [5.41, 5.74) is 2.91. The zero-order chi connectivity index (χ0) is 49.1. The number of amides is 6. The first-order chi connectivity index (χ1) is 33.9. The van der Waals surface area contributed by atoms with E-state index in [0.717, 1.165) is 21.0 Å². The van der Waals surface area contributed by atoms with Crippen LogP contribution in [-0.2, 0) is 35.6 Å². The smallest absolute Gasteiger partial charge is 0.264 e. The van der Waals surface area contributed by atoms with Gasteiger partial charge in [0, 0.05) is 62.4 Å². The Bertz CT molecular complexity index is 2700. The number of hydrogen-bond donors (Lipinski definition) is 5. The number of fused-ring (bicyclic) bond motifs is 1. The average Bonchev–Trinajstić information content (AvgIpc) is 4.03. The van der Waals surface area contributed by atoms with Crippen LogP contribution in [0.5, 0.6) is 5.75 Å². The molecule has 3 aliphatic rings. The second kappa shape index (κ2) is 23.4. The van der Waals surface area contributed by atoms with Gasteiger partial charge in [-0.05, 0) is 79.1 Å². The molecule has 18 nitrogen and oxygen atoms in total. The van der Waals surface area contributed by atoms with Gasteiger partial charge in [-0.3, -0.25) is 43.7 Å². The van der Waals surface area contributed by atoms with Gasteiger partial charge in [0.05, 0.1) is 77.4 Å². The molecule has 70 heavy (non-hydrogen) atoms. The maximum atomic E-state index is 14.4. The van der Waals surface area contributed by atoms with Crippen molar-refractivity contribution in [2.75, 3.05) is 70.0 Å². The summed E-state index contributed by atoms with van der Waals surface area (Å²) in [6.07, 6.45) is 2.35. The molecule has 3 aromatic carbocycles. The third-order valence-corrected chi connectivity index (χ3v) is 13.4. The van der Waals surface area contributed by atoms with E-state index in [9.17, 15) is 33.2 Å². The van der Waals surface area contributed by atoms with Gasteiger partial charge >= 0.3 is 0 Å². The van der Waals surface area contributed by atoms with Crippen molar-refractivity contribution in [2.24, 2.45) is 7.05 Å². The molecule has 2 aromatic heterocycles. The van der Waals surface area contributed by atoms with Crippen molar-refractivity contribution >= 4 is 69.8 Å². The largest absolute Gasteiger partial charge is 0.491 e. The number of halogens is 2. The van der Waals surface area contributed by atoms with Crippen LogP contribution in [0.25, 0.3) is 10.6 Å². The summed E-state index contributed by atoms with van der Waals surface area (Å²) in [6.45, 7) is 3.04. The van der Waals surface area contributed by atoms with E-state index >= 15 is 0 Å². The van der Waals surface area contributed by atoms with E-state index in [2.05, 4.69) is 31.7 Å². The molecule has 8 rings (SSSR count). The minimum absolute atomic E-state index is 0.0477. The number of nitrogens with zero attached hydrogens (tertiary/aromatic N) is 3. The Morgan fingerprint density at radius 2 is 1.64 bits per heavy atom. The molecule has 3 aliphatic heterocycles. The molecule has 0 bridgehead atoms. The first kappa shape index (κ1) is 49.9. The van der Waals surface area contributed by atoms with E-state index in [1.807, 2.05) is 12.1 Å². The van der Waals surface area contributed by atoms with Gasteiger partial charge in [0.2, 0.25) is 17.7 Å². The molecule has 4 atom stereocenters. The van der Waals surface area contributed by atoms with Gasteiger partial charge < -0.3 is 40.2 Å². The fourth-order valence-electron chi connectivity index (χ4n) is 8.67. The van der Waals surface area contributed by atoms with Crippen molar-refractivity contribution in [3.8, 4) is 16.3 Å². The topological polar surface area (TPSA) is 221 Å². The number of carbonyl (C=O) groups excluding carboxylic acids is 6. The first-order valence-corrected chi connectivity index (χ1v) is 24.0. The van der Waals surface area contributed by atoms with Gasteiger partial charge in [0.1, 0.15) is 24.2 Å². The molecule has 5 aromatic rings. The van der Waals surface area contributed by atoms with Crippen LogP contribution in [0.3, 0.4) is 0 Å². The maximum Gasteiger partial charge on any atom is 0.264 e. The lowest BCUT2D eigenvalue weighted by Gasteiger charge is -2.37. The van der Waals surface area contributed by atoms with E-state index in [0.29, 0.717) is 92.8 Å². The molecule has 0 spiro atoms. The third kappa shape index (κ3) is 12.2. The van der Waals surface area contributed by atoms with E-state index < -0.39 is 29.7 Å². The molecule has 5 N–H and O–H groups in total. The number of thiophene rings is 1. The molecule has 368 valence electrons. The highest BCUT2D eigenvalue weighted by molar-refractivity contribution is 7.17. The SMILES string of the molecule is Cn1ncc(Cl)c1-c1ccc(C(=O)N[C@@H]2CN[C@H](CC(=O)Nc3ccc(OCCOCCOCCOCCNc4cccc5c4C(=O)N(C4CCC(=O)NC4=O)C5=O)cc3)C[C@H]2c2cccc(F)c2)s1. The monoisotopic (exact) mass is 998 g/mol. The Labute approximate surface area is 411 Å². The van der Waals surface area contributed by atoms with Gasteiger partial charge in [0.15, 0.2) is 0 Å². The fraction of sp³-hybridized carbons (Fsp3) is 0.367. The van der Waals surface area contributed by atoms with Crippen molar-refractivity contribution in [1.82, 2.24) is 30.6 Å². The molecule has 21 heteroatoms. The summed E-state index contributed by atoms with van der Waals surface area (Å²) in [6, 6.07) is 20.2. The van der Waals surface area contributed by atoms with Crippen LogP contribution >= 0.6 is 22.9 Å². The van der Waals surface area contributed by atoms with Crippen LogP contribution in [0.4, 0.5) is 15.8 Å². The fourth-order valence-corrected chi connectivity index (χ4v) is 9.99. The van der Waals surface area contributed by atoms with Crippen LogP contribution in [0.2, 0.25) is 5.02 Å². The van der Waals surface area contributed by atoms with Crippen LogP contribution < -0.4 is 31.3 Å². The zero-order valence-electron chi connectivity index (χ0n) is 38.2. The van der Waals surface area contributed by atoms with Crippen molar-refractivity contribution in [2.45, 2.75) is 49.7 Å². The molecule has 2 fully saturated rings. The number of ether oxygens (including phenoxy) is 4.